The van der Waals surface area contributed by atoms with Gasteiger partial charge in [-0.3, -0.25) is 4.18 Å². The molecule has 0 spiro atoms. The van der Waals surface area contributed by atoms with Crippen LogP contribution in [0.15, 0.2) is 19.0 Å². The summed E-state index contributed by atoms with van der Waals surface area (Å²) in [7, 11) is -3.60. The quantitative estimate of drug-likeness (QED) is 0.438. The van der Waals surface area contributed by atoms with Gasteiger partial charge in [0.2, 0.25) is 10.4 Å². The van der Waals surface area contributed by atoms with E-state index in [-0.39, 0.29) is 0 Å². The molecule has 0 aromatic carbocycles. The van der Waals surface area contributed by atoms with Gasteiger partial charge in [-0.15, -0.1) is 0 Å². The first-order valence-corrected chi connectivity index (χ1v) is 5.89. The van der Waals surface area contributed by atoms with Gasteiger partial charge in [0.25, 0.3) is 5.82 Å². The van der Waals surface area contributed by atoms with Crippen LogP contribution in [0.1, 0.15) is 12.7 Å². The van der Waals surface area contributed by atoms with Gasteiger partial charge in [0, 0.05) is 6.92 Å². The van der Waals surface area contributed by atoms with E-state index in [0.717, 1.165) is 13.7 Å². The second-order valence-electron chi connectivity index (χ2n) is 2.80. The summed E-state index contributed by atoms with van der Waals surface area (Å²) >= 11 is 0. The number of rotatable bonds is 3. The summed E-state index contributed by atoms with van der Waals surface area (Å²) in [4.78, 5) is 0. The Bertz CT molecular complexity index is 436. The molecule has 92 valence electrons. The Morgan fingerprint density at radius 3 is 2.38 bits per heavy atom. The predicted octanol–water partition coefficient (Wildman–Crippen LogP) is 0.297. The number of imidazole rings is 1. The second kappa shape index (κ2) is 6.41. The van der Waals surface area contributed by atoms with E-state index in [9.17, 15) is 13.0 Å². The zero-order valence-corrected chi connectivity index (χ0v) is 10.4. The molecule has 0 N–H and O–H groups in total. The highest BCUT2D eigenvalue weighted by Gasteiger charge is 2.05. The highest BCUT2D eigenvalue weighted by atomic mass is 32.3. The molecule has 1 rings (SSSR count). The van der Waals surface area contributed by atoms with Gasteiger partial charge in [0.1, 0.15) is 12.4 Å². The van der Waals surface area contributed by atoms with Gasteiger partial charge in [-0.05, 0) is 6.92 Å². The van der Waals surface area contributed by atoms with E-state index in [1.807, 2.05) is 17.0 Å². The third kappa shape index (κ3) is 5.06. The maximum absolute atomic E-state index is 9.22. The zero-order valence-electron chi connectivity index (χ0n) is 9.58. The average molecular weight is 248 g/mol. The molecule has 1 heterocycles. The van der Waals surface area contributed by atoms with Crippen molar-refractivity contribution in [3.05, 3.63) is 24.8 Å². The smallest absolute Gasteiger partial charge is 0.257 e. The third-order valence-electron chi connectivity index (χ3n) is 1.94. The Morgan fingerprint density at radius 2 is 2.19 bits per heavy atom. The van der Waals surface area contributed by atoms with Crippen molar-refractivity contribution in [2.45, 2.75) is 20.4 Å². The highest BCUT2D eigenvalue weighted by Crippen LogP contribution is 1.91. The fraction of sp³-hybridized carbons (Fsp3) is 0.444. The van der Waals surface area contributed by atoms with Crippen LogP contribution in [0.5, 0.6) is 0 Å². The van der Waals surface area contributed by atoms with E-state index < -0.39 is 10.4 Å². The van der Waals surface area contributed by atoms with Crippen LogP contribution in [0.3, 0.4) is 0 Å². The number of aromatic nitrogens is 2. The standard InChI is InChI=1S/C8H13N2.CH4O4S/c1-4-9-6-7-10(5-2)8(9)3;1-5-6(2,3)4/h4,6-7H,1,5H2,2-3H3;1H3,(H,2,3,4)/q+1;/p-1. The number of hydrogen-bond donors (Lipinski definition) is 0. The molecule has 0 radical (unpaired) electrons. The lowest BCUT2D eigenvalue weighted by Gasteiger charge is -1.98. The Labute approximate surface area is 95.7 Å². The molecule has 1 aromatic rings. The van der Waals surface area contributed by atoms with E-state index in [4.69, 9.17) is 0 Å². The SMILES string of the molecule is C=Cn1cc[n+](CC)c1C.COS(=O)(=O)[O-]. The summed E-state index contributed by atoms with van der Waals surface area (Å²) in [5.41, 5.74) is 0. The molecule has 0 saturated carbocycles. The molecule has 0 aliphatic heterocycles. The average Bonchev–Trinajstić information content (AvgIpc) is 2.58. The minimum absolute atomic E-state index is 0.808. The number of aryl methyl sites for hydroxylation is 1. The van der Waals surface area contributed by atoms with E-state index in [2.05, 4.69) is 35.4 Å². The van der Waals surface area contributed by atoms with Crippen molar-refractivity contribution in [3.8, 4) is 0 Å². The Morgan fingerprint density at radius 1 is 1.69 bits per heavy atom. The second-order valence-corrected chi connectivity index (χ2v) is 3.95. The molecular weight excluding hydrogens is 232 g/mol. The van der Waals surface area contributed by atoms with Crippen molar-refractivity contribution in [1.82, 2.24) is 4.57 Å². The van der Waals surface area contributed by atoms with Crippen LogP contribution >= 0.6 is 0 Å². The van der Waals surface area contributed by atoms with E-state index in [0.29, 0.717) is 0 Å². The van der Waals surface area contributed by atoms with Crippen LogP contribution in [0.4, 0.5) is 0 Å². The lowest BCUT2D eigenvalue weighted by molar-refractivity contribution is -0.698. The molecule has 0 fully saturated rings. The molecule has 0 saturated heterocycles. The maximum Gasteiger partial charge on any atom is 0.257 e. The van der Waals surface area contributed by atoms with Gasteiger partial charge in [-0.25, -0.2) is 17.6 Å². The minimum Gasteiger partial charge on any atom is -0.726 e. The lowest BCUT2D eigenvalue weighted by Crippen LogP contribution is -2.33. The molecule has 0 bridgehead atoms. The van der Waals surface area contributed by atoms with E-state index in [1.165, 1.54) is 5.82 Å². The first-order valence-electron chi connectivity index (χ1n) is 4.56. The van der Waals surface area contributed by atoms with Gasteiger partial charge in [-0.2, -0.15) is 0 Å². The Kier molecular flexibility index (Phi) is 5.94. The van der Waals surface area contributed by atoms with Crippen LogP contribution in [0, 0.1) is 6.92 Å². The van der Waals surface area contributed by atoms with Crippen molar-refractivity contribution in [1.29, 1.82) is 0 Å². The minimum atomic E-state index is -4.41. The van der Waals surface area contributed by atoms with Crippen molar-refractivity contribution >= 4 is 16.6 Å². The molecule has 1 aromatic heterocycles. The molecule has 0 aliphatic rings. The zero-order chi connectivity index (χ0) is 12.8. The highest BCUT2D eigenvalue weighted by molar-refractivity contribution is 7.80. The summed E-state index contributed by atoms with van der Waals surface area (Å²) in [5.74, 6) is 1.22. The van der Waals surface area contributed by atoms with Crippen molar-refractivity contribution in [2.75, 3.05) is 7.11 Å². The lowest BCUT2D eigenvalue weighted by atomic mass is 10.6. The van der Waals surface area contributed by atoms with Gasteiger partial charge >= 0.3 is 0 Å². The fourth-order valence-corrected chi connectivity index (χ4v) is 1.04. The first kappa shape index (κ1) is 14.8. The summed E-state index contributed by atoms with van der Waals surface area (Å²) < 4.78 is 35.2. The van der Waals surface area contributed by atoms with Crippen LogP contribution < -0.4 is 4.57 Å². The van der Waals surface area contributed by atoms with Crippen LogP contribution in [0.2, 0.25) is 0 Å². The molecular formula is C9H16N2O4S. The molecule has 16 heavy (non-hydrogen) atoms. The first-order chi connectivity index (χ1) is 7.35. The Hall–Kier alpha value is -1.18. The van der Waals surface area contributed by atoms with Gasteiger partial charge in [0.15, 0.2) is 0 Å². The van der Waals surface area contributed by atoms with Crippen LogP contribution in [-0.2, 0) is 21.1 Å². The normalized spacial score (nSPS) is 10.5. The topological polar surface area (TPSA) is 75.2 Å². The van der Waals surface area contributed by atoms with Gasteiger partial charge in [-0.1, -0.05) is 6.58 Å². The molecule has 0 amide bonds. The summed E-state index contributed by atoms with van der Waals surface area (Å²) in [6.45, 7) is 8.91. The van der Waals surface area contributed by atoms with Crippen LogP contribution in [0.25, 0.3) is 6.20 Å². The largest absolute Gasteiger partial charge is 0.726 e. The summed E-state index contributed by atoms with van der Waals surface area (Å²) in [6.07, 6.45) is 5.87. The predicted molar refractivity (Wildman–Crippen MR) is 58.1 cm³/mol. The molecule has 7 heteroatoms. The molecule has 0 aliphatic carbocycles. The fourth-order valence-electron chi connectivity index (χ4n) is 1.04. The molecule has 6 nitrogen and oxygen atoms in total. The Balaban J connectivity index is 0.000000325. The maximum atomic E-state index is 9.22. The molecule has 0 atom stereocenters. The van der Waals surface area contributed by atoms with Gasteiger partial charge < -0.3 is 4.55 Å². The number of nitrogens with zero attached hydrogens (tertiary/aromatic N) is 2. The van der Waals surface area contributed by atoms with Gasteiger partial charge in [0.05, 0.1) is 19.9 Å². The monoisotopic (exact) mass is 248 g/mol. The van der Waals surface area contributed by atoms with Crippen molar-refractivity contribution < 1.29 is 21.7 Å². The molecule has 0 unspecified atom stereocenters. The van der Waals surface area contributed by atoms with Crippen molar-refractivity contribution in [2.24, 2.45) is 0 Å². The van der Waals surface area contributed by atoms with E-state index >= 15 is 0 Å². The summed E-state index contributed by atoms with van der Waals surface area (Å²) in [6, 6.07) is 0. The van der Waals surface area contributed by atoms with Crippen LogP contribution in [-0.4, -0.2) is 24.6 Å². The van der Waals surface area contributed by atoms with Crippen molar-refractivity contribution in [3.63, 3.8) is 0 Å². The van der Waals surface area contributed by atoms with E-state index in [1.54, 1.807) is 0 Å². The third-order valence-corrected chi connectivity index (χ3v) is 2.35. The number of hydrogen-bond acceptors (Lipinski definition) is 4. The summed E-state index contributed by atoms with van der Waals surface area (Å²) in [5, 5.41) is 0.